The second kappa shape index (κ2) is 4.52. The molecule has 1 aliphatic heterocycles. The first-order valence-corrected chi connectivity index (χ1v) is 5.28. The minimum absolute atomic E-state index is 0.0228. The van der Waals surface area contributed by atoms with Gasteiger partial charge in [0.25, 0.3) is 0 Å². The number of nitrogens with two attached hydrogens (primary N) is 2. The quantitative estimate of drug-likeness (QED) is 0.323. The molecule has 0 spiro atoms. The van der Waals surface area contributed by atoms with Gasteiger partial charge in [-0.1, -0.05) is 12.1 Å². The molecule has 1 unspecified atom stereocenters. The molecule has 90 valence electrons. The fraction of sp³-hybridized carbons (Fsp3) is 0.273. The molecule has 2 rings (SSSR count). The molecule has 1 aromatic carbocycles. The Hall–Kier alpha value is -1.92. The van der Waals surface area contributed by atoms with Crippen LogP contribution in [0.25, 0.3) is 0 Å². The van der Waals surface area contributed by atoms with Gasteiger partial charge in [0.2, 0.25) is 11.8 Å². The summed E-state index contributed by atoms with van der Waals surface area (Å²) in [5.41, 5.74) is 10.5. The maximum Gasteiger partial charge on any atom is 0.235 e. The number of hydrazine groups is 1. The van der Waals surface area contributed by atoms with Crippen molar-refractivity contribution >= 4 is 17.5 Å². The highest BCUT2D eigenvalue weighted by Gasteiger charge is 2.19. The van der Waals surface area contributed by atoms with Crippen molar-refractivity contribution in [2.24, 2.45) is 11.6 Å². The summed E-state index contributed by atoms with van der Waals surface area (Å²) in [5, 5.41) is 2.74. The zero-order valence-corrected chi connectivity index (χ0v) is 9.19. The second-order valence-corrected chi connectivity index (χ2v) is 4.02. The summed E-state index contributed by atoms with van der Waals surface area (Å²) in [6.45, 7) is 0. The van der Waals surface area contributed by atoms with E-state index in [0.717, 1.165) is 16.8 Å². The van der Waals surface area contributed by atoms with Crippen molar-refractivity contribution in [2.45, 2.75) is 18.9 Å². The van der Waals surface area contributed by atoms with Crippen LogP contribution in [0.4, 0.5) is 5.69 Å². The van der Waals surface area contributed by atoms with E-state index in [0.29, 0.717) is 6.42 Å². The predicted octanol–water partition coefficient (Wildman–Crippen LogP) is -0.439. The molecule has 0 saturated carbocycles. The highest BCUT2D eigenvalue weighted by molar-refractivity contribution is 5.99. The average Bonchev–Trinajstić information content (AvgIpc) is 2.67. The maximum atomic E-state index is 11.2. The van der Waals surface area contributed by atoms with Gasteiger partial charge in [-0.15, -0.1) is 0 Å². The smallest absolute Gasteiger partial charge is 0.235 e. The normalized spacial score (nSPS) is 15.1. The molecular weight excluding hydrogens is 220 g/mol. The molecule has 0 saturated heterocycles. The van der Waals surface area contributed by atoms with Crippen molar-refractivity contribution < 1.29 is 9.59 Å². The minimum atomic E-state index is -0.417. The highest BCUT2D eigenvalue weighted by atomic mass is 16.2. The Bertz CT molecular complexity index is 473. The van der Waals surface area contributed by atoms with E-state index in [9.17, 15) is 9.59 Å². The molecule has 1 heterocycles. The Balaban J connectivity index is 2.15. The first-order chi connectivity index (χ1) is 8.10. The molecule has 6 nitrogen and oxygen atoms in total. The van der Waals surface area contributed by atoms with Crippen LogP contribution in [0, 0.1) is 0 Å². The van der Waals surface area contributed by atoms with Crippen molar-refractivity contribution in [1.82, 2.24) is 5.43 Å². The van der Waals surface area contributed by atoms with E-state index in [1.165, 1.54) is 0 Å². The molecule has 6 N–H and O–H groups in total. The third-order valence-corrected chi connectivity index (χ3v) is 2.75. The summed E-state index contributed by atoms with van der Waals surface area (Å²) in [4.78, 5) is 22.3. The molecular formula is C11H14N4O2. The lowest BCUT2D eigenvalue weighted by atomic mass is 10.0. The highest BCUT2D eigenvalue weighted by Crippen LogP contribution is 2.26. The molecule has 1 aliphatic rings. The van der Waals surface area contributed by atoms with Gasteiger partial charge in [-0.2, -0.15) is 0 Å². The molecule has 0 radical (unpaired) electrons. The molecule has 0 aromatic heterocycles. The van der Waals surface area contributed by atoms with Crippen LogP contribution in [0.15, 0.2) is 18.2 Å². The fourth-order valence-corrected chi connectivity index (χ4v) is 1.86. The zero-order chi connectivity index (χ0) is 12.4. The molecule has 0 aliphatic carbocycles. The second-order valence-electron chi connectivity index (χ2n) is 4.02. The molecule has 0 bridgehead atoms. The summed E-state index contributed by atoms with van der Waals surface area (Å²) >= 11 is 0. The van der Waals surface area contributed by atoms with Gasteiger partial charge < -0.3 is 11.1 Å². The van der Waals surface area contributed by atoms with Crippen LogP contribution in [-0.4, -0.2) is 11.8 Å². The molecule has 1 atom stereocenters. The van der Waals surface area contributed by atoms with Crippen molar-refractivity contribution in [1.29, 1.82) is 0 Å². The van der Waals surface area contributed by atoms with Crippen molar-refractivity contribution in [2.75, 3.05) is 5.32 Å². The Morgan fingerprint density at radius 2 is 2.29 bits per heavy atom. The number of carbonyl (C=O) groups is 2. The van der Waals surface area contributed by atoms with Crippen molar-refractivity contribution in [3.63, 3.8) is 0 Å². The van der Waals surface area contributed by atoms with E-state index in [-0.39, 0.29) is 18.2 Å². The summed E-state index contributed by atoms with van der Waals surface area (Å²) in [6.07, 6.45) is 0.482. The van der Waals surface area contributed by atoms with Crippen LogP contribution >= 0.6 is 0 Å². The Kier molecular flexibility index (Phi) is 3.08. The summed E-state index contributed by atoms with van der Waals surface area (Å²) in [7, 11) is 0. The number of benzene rings is 1. The van der Waals surface area contributed by atoms with Crippen LogP contribution in [0.5, 0.6) is 0 Å². The minimum Gasteiger partial charge on any atom is -0.326 e. The number of nitrogens with one attached hydrogen (secondary N) is 2. The Morgan fingerprint density at radius 3 is 3.00 bits per heavy atom. The van der Waals surface area contributed by atoms with Gasteiger partial charge in [0.15, 0.2) is 0 Å². The molecule has 6 heteroatoms. The number of hydrogen-bond donors (Lipinski definition) is 4. The summed E-state index contributed by atoms with van der Waals surface area (Å²) < 4.78 is 0. The first-order valence-electron chi connectivity index (χ1n) is 5.28. The van der Waals surface area contributed by atoms with Crippen LogP contribution in [-0.2, 0) is 16.0 Å². The standard InChI is InChI=1S/C11H14N4O2/c12-8(5-11(17)15-13)6-1-2-9-7(3-6)4-10(16)14-9/h1-3,8H,4-5,12-13H2,(H,14,16)(H,15,17). The molecule has 1 aromatic rings. The van der Waals surface area contributed by atoms with Crippen molar-refractivity contribution in [3.05, 3.63) is 29.3 Å². The number of rotatable bonds is 3. The zero-order valence-electron chi connectivity index (χ0n) is 9.19. The summed E-state index contributed by atoms with van der Waals surface area (Å²) in [6, 6.07) is 5.04. The lowest BCUT2D eigenvalue weighted by Crippen LogP contribution is -2.32. The van der Waals surface area contributed by atoms with Gasteiger partial charge in [-0.25, -0.2) is 5.84 Å². The van der Waals surface area contributed by atoms with Crippen LogP contribution < -0.4 is 22.3 Å². The van der Waals surface area contributed by atoms with Gasteiger partial charge in [0, 0.05) is 18.2 Å². The van der Waals surface area contributed by atoms with E-state index in [1.54, 1.807) is 12.1 Å². The largest absolute Gasteiger partial charge is 0.326 e. The van der Waals surface area contributed by atoms with E-state index < -0.39 is 6.04 Å². The van der Waals surface area contributed by atoms with Gasteiger partial charge in [0.05, 0.1) is 6.42 Å². The number of carbonyl (C=O) groups excluding carboxylic acids is 2. The molecule has 2 amide bonds. The predicted molar refractivity (Wildman–Crippen MR) is 62.7 cm³/mol. The Morgan fingerprint density at radius 1 is 1.53 bits per heavy atom. The van der Waals surface area contributed by atoms with Crippen LogP contribution in [0.2, 0.25) is 0 Å². The number of anilines is 1. The van der Waals surface area contributed by atoms with E-state index in [4.69, 9.17) is 11.6 Å². The third kappa shape index (κ3) is 2.43. The lowest BCUT2D eigenvalue weighted by molar-refractivity contribution is -0.121. The number of fused-ring (bicyclic) bond motifs is 1. The molecule has 0 fully saturated rings. The van der Waals surface area contributed by atoms with E-state index >= 15 is 0 Å². The van der Waals surface area contributed by atoms with Gasteiger partial charge >= 0.3 is 0 Å². The monoisotopic (exact) mass is 234 g/mol. The van der Waals surface area contributed by atoms with Gasteiger partial charge in [0.1, 0.15) is 0 Å². The van der Waals surface area contributed by atoms with E-state index in [2.05, 4.69) is 5.32 Å². The van der Waals surface area contributed by atoms with E-state index in [1.807, 2.05) is 11.5 Å². The third-order valence-electron chi connectivity index (χ3n) is 2.75. The fourth-order valence-electron chi connectivity index (χ4n) is 1.86. The molecule has 17 heavy (non-hydrogen) atoms. The number of amides is 2. The summed E-state index contributed by atoms with van der Waals surface area (Å²) in [5.74, 6) is 4.66. The van der Waals surface area contributed by atoms with Crippen LogP contribution in [0.1, 0.15) is 23.6 Å². The van der Waals surface area contributed by atoms with Gasteiger partial charge in [-0.3, -0.25) is 15.0 Å². The topological polar surface area (TPSA) is 110 Å². The maximum absolute atomic E-state index is 11.2. The average molecular weight is 234 g/mol. The first kappa shape index (κ1) is 11.6. The SMILES string of the molecule is NNC(=O)CC(N)c1ccc2c(c1)CC(=O)N2. The van der Waals surface area contributed by atoms with Gasteiger partial charge in [-0.05, 0) is 17.2 Å². The van der Waals surface area contributed by atoms with Crippen LogP contribution in [0.3, 0.4) is 0 Å². The number of hydrogen-bond acceptors (Lipinski definition) is 4. The Labute approximate surface area is 98.3 Å². The lowest BCUT2D eigenvalue weighted by Gasteiger charge is -2.12. The van der Waals surface area contributed by atoms with Crippen molar-refractivity contribution in [3.8, 4) is 0 Å².